The minimum absolute atomic E-state index is 0.0623. The predicted molar refractivity (Wildman–Crippen MR) is 97.0 cm³/mol. The van der Waals surface area contributed by atoms with Crippen molar-refractivity contribution in [1.29, 1.82) is 0 Å². The molecule has 0 saturated heterocycles. The number of aromatic nitrogens is 2. The van der Waals surface area contributed by atoms with E-state index in [1.165, 1.54) is 22.7 Å². The second-order valence-electron chi connectivity index (χ2n) is 6.55. The van der Waals surface area contributed by atoms with Gasteiger partial charge < -0.3 is 4.42 Å². The van der Waals surface area contributed by atoms with Crippen LogP contribution in [0.3, 0.4) is 0 Å². The average molecular weight is 383 g/mol. The summed E-state index contributed by atoms with van der Waals surface area (Å²) < 4.78 is 30.1. The van der Waals surface area contributed by atoms with Crippen molar-refractivity contribution in [2.24, 2.45) is 0 Å². The van der Waals surface area contributed by atoms with Crippen molar-refractivity contribution in [2.45, 2.75) is 37.7 Å². The molecule has 0 aliphatic heterocycles. The van der Waals surface area contributed by atoms with Gasteiger partial charge in [-0.2, -0.15) is 0 Å². The van der Waals surface area contributed by atoms with Gasteiger partial charge in [0.15, 0.2) is 20.6 Å². The molecule has 0 amide bonds. The molecule has 0 unspecified atom stereocenters. The molecule has 0 spiro atoms. The normalized spacial score (nSPS) is 12.6. The summed E-state index contributed by atoms with van der Waals surface area (Å²) in [6.45, 7) is 6.20. The zero-order chi connectivity index (χ0) is 17.4. The van der Waals surface area contributed by atoms with Gasteiger partial charge in [-0.3, -0.25) is 0 Å². The highest BCUT2D eigenvalue weighted by Crippen LogP contribution is 2.27. The molecule has 3 heterocycles. The Morgan fingerprint density at radius 2 is 1.75 bits per heavy atom. The Bertz CT molecular complexity index is 916. The highest BCUT2D eigenvalue weighted by Gasteiger charge is 2.21. The average Bonchev–Trinajstić information content (AvgIpc) is 3.15. The Hall–Kier alpha value is -1.51. The molecule has 0 bridgehead atoms. The standard InChI is InChI=1S/C16H18N2O3S3/c1-16(2,3)15-18-12(8-23-15)10-24(19,20)9-11-7-22-14(17-11)13-5-4-6-21-13/h4-8H,9-10H2,1-3H3. The van der Waals surface area contributed by atoms with E-state index in [1.54, 1.807) is 23.8 Å². The molecular weight excluding hydrogens is 364 g/mol. The lowest BCUT2D eigenvalue weighted by molar-refractivity contribution is 0.580. The van der Waals surface area contributed by atoms with Crippen LogP contribution in [0.2, 0.25) is 0 Å². The first-order chi connectivity index (χ1) is 11.2. The quantitative estimate of drug-likeness (QED) is 0.659. The van der Waals surface area contributed by atoms with E-state index in [2.05, 4.69) is 30.7 Å². The monoisotopic (exact) mass is 382 g/mol. The van der Waals surface area contributed by atoms with Crippen LogP contribution in [0.5, 0.6) is 0 Å². The van der Waals surface area contributed by atoms with Gasteiger partial charge in [0, 0.05) is 16.2 Å². The van der Waals surface area contributed by atoms with Crippen molar-refractivity contribution >= 4 is 32.5 Å². The van der Waals surface area contributed by atoms with E-state index in [0.717, 1.165) is 5.01 Å². The van der Waals surface area contributed by atoms with Crippen molar-refractivity contribution in [3.05, 3.63) is 45.6 Å². The molecule has 0 aliphatic carbocycles. The summed E-state index contributed by atoms with van der Waals surface area (Å²) in [5.74, 6) is 0.498. The summed E-state index contributed by atoms with van der Waals surface area (Å²) >= 11 is 2.88. The van der Waals surface area contributed by atoms with E-state index < -0.39 is 9.84 Å². The number of nitrogens with zero attached hydrogens (tertiary/aromatic N) is 2. The Kier molecular flexibility index (Phi) is 4.63. The first kappa shape index (κ1) is 17.3. The summed E-state index contributed by atoms with van der Waals surface area (Å²) in [5.41, 5.74) is 1.07. The number of furan rings is 1. The lowest BCUT2D eigenvalue weighted by atomic mass is 9.98. The molecule has 0 aliphatic rings. The summed E-state index contributed by atoms with van der Waals surface area (Å²) in [6.07, 6.45) is 1.57. The summed E-state index contributed by atoms with van der Waals surface area (Å²) in [5, 5.41) is 5.22. The molecule has 0 atom stereocenters. The largest absolute Gasteiger partial charge is 0.462 e. The molecule has 0 N–H and O–H groups in total. The van der Waals surface area contributed by atoms with E-state index in [4.69, 9.17) is 4.42 Å². The van der Waals surface area contributed by atoms with E-state index >= 15 is 0 Å². The molecule has 5 nitrogen and oxygen atoms in total. The van der Waals surface area contributed by atoms with Gasteiger partial charge >= 0.3 is 0 Å². The second-order valence-corrected chi connectivity index (χ2v) is 10.3. The van der Waals surface area contributed by atoms with Crippen molar-refractivity contribution in [1.82, 2.24) is 9.97 Å². The van der Waals surface area contributed by atoms with Gasteiger partial charge in [0.1, 0.15) is 0 Å². The molecule has 3 aromatic rings. The molecule has 0 aromatic carbocycles. The van der Waals surface area contributed by atoms with E-state index in [9.17, 15) is 8.42 Å². The highest BCUT2D eigenvalue weighted by atomic mass is 32.2. The van der Waals surface area contributed by atoms with Crippen molar-refractivity contribution < 1.29 is 12.8 Å². The number of sulfone groups is 1. The van der Waals surface area contributed by atoms with Gasteiger partial charge in [0.25, 0.3) is 0 Å². The Morgan fingerprint density at radius 1 is 1.08 bits per heavy atom. The maximum Gasteiger partial charge on any atom is 0.162 e. The van der Waals surface area contributed by atoms with E-state index in [0.29, 0.717) is 22.2 Å². The fraction of sp³-hybridized carbons (Fsp3) is 0.375. The third-order valence-corrected chi connectivity index (χ3v) is 6.91. The Labute approximate surface area is 149 Å². The Morgan fingerprint density at radius 3 is 2.33 bits per heavy atom. The zero-order valence-corrected chi connectivity index (χ0v) is 16.1. The third kappa shape index (κ3) is 4.12. The van der Waals surface area contributed by atoms with Crippen molar-refractivity contribution in [3.8, 4) is 10.8 Å². The smallest absolute Gasteiger partial charge is 0.162 e. The van der Waals surface area contributed by atoms with Gasteiger partial charge in [-0.1, -0.05) is 20.8 Å². The molecule has 0 fully saturated rings. The van der Waals surface area contributed by atoms with Crippen LogP contribution < -0.4 is 0 Å². The minimum Gasteiger partial charge on any atom is -0.462 e. The van der Waals surface area contributed by atoms with Crippen LogP contribution in [-0.4, -0.2) is 18.4 Å². The van der Waals surface area contributed by atoms with Gasteiger partial charge in [-0.15, -0.1) is 22.7 Å². The van der Waals surface area contributed by atoms with Crippen LogP contribution in [0, 0.1) is 0 Å². The third-order valence-electron chi connectivity index (χ3n) is 3.21. The Balaban J connectivity index is 1.71. The van der Waals surface area contributed by atoms with Crippen molar-refractivity contribution in [2.75, 3.05) is 0 Å². The van der Waals surface area contributed by atoms with E-state index in [1.807, 2.05) is 5.38 Å². The number of hydrogen-bond donors (Lipinski definition) is 0. The molecular formula is C16H18N2O3S3. The van der Waals surface area contributed by atoms with Crippen LogP contribution in [-0.2, 0) is 26.8 Å². The maximum atomic E-state index is 12.4. The van der Waals surface area contributed by atoms with E-state index in [-0.39, 0.29) is 16.9 Å². The number of thiazole rings is 2. The molecule has 24 heavy (non-hydrogen) atoms. The van der Waals surface area contributed by atoms with Gasteiger partial charge in [0.2, 0.25) is 0 Å². The molecule has 128 valence electrons. The van der Waals surface area contributed by atoms with Gasteiger partial charge in [-0.25, -0.2) is 18.4 Å². The van der Waals surface area contributed by atoms with Crippen LogP contribution in [0.25, 0.3) is 10.8 Å². The summed E-state index contributed by atoms with van der Waals surface area (Å²) in [4.78, 5) is 8.81. The topological polar surface area (TPSA) is 73.1 Å². The second kappa shape index (κ2) is 6.42. The SMILES string of the molecule is CC(C)(C)c1nc(CS(=O)(=O)Cc2csc(-c3ccco3)n2)cs1. The minimum atomic E-state index is -3.32. The van der Waals surface area contributed by atoms with Gasteiger partial charge in [-0.05, 0) is 12.1 Å². The number of hydrogen-bond acceptors (Lipinski definition) is 7. The van der Waals surface area contributed by atoms with Crippen LogP contribution in [0.1, 0.15) is 37.2 Å². The highest BCUT2D eigenvalue weighted by molar-refractivity contribution is 7.89. The zero-order valence-electron chi connectivity index (χ0n) is 13.6. The fourth-order valence-corrected chi connectivity index (χ4v) is 5.31. The summed E-state index contributed by atoms with van der Waals surface area (Å²) in [6, 6.07) is 3.59. The molecule has 3 aromatic heterocycles. The fourth-order valence-electron chi connectivity index (χ4n) is 2.11. The number of rotatable bonds is 5. The molecule has 0 saturated carbocycles. The lowest BCUT2D eigenvalue weighted by Crippen LogP contribution is -2.12. The molecule has 8 heteroatoms. The first-order valence-corrected chi connectivity index (χ1v) is 10.9. The van der Waals surface area contributed by atoms with Crippen molar-refractivity contribution in [3.63, 3.8) is 0 Å². The van der Waals surface area contributed by atoms with Crippen LogP contribution in [0.4, 0.5) is 0 Å². The predicted octanol–water partition coefficient (Wildman–Crippen LogP) is 4.27. The maximum absolute atomic E-state index is 12.4. The summed E-state index contributed by atoms with van der Waals surface area (Å²) in [7, 11) is -3.32. The molecule has 0 radical (unpaired) electrons. The lowest BCUT2D eigenvalue weighted by Gasteiger charge is -2.13. The van der Waals surface area contributed by atoms with Crippen LogP contribution >= 0.6 is 22.7 Å². The molecule has 3 rings (SSSR count). The van der Waals surface area contributed by atoms with Gasteiger partial charge in [0.05, 0.1) is 34.2 Å². The van der Waals surface area contributed by atoms with Crippen LogP contribution in [0.15, 0.2) is 33.6 Å². The first-order valence-electron chi connectivity index (χ1n) is 7.36.